The molecule has 1 aromatic rings. The Morgan fingerprint density at radius 1 is 1.16 bits per heavy atom. The number of likely N-dealkylation sites (N-methyl/N-ethyl adjacent to an activating group) is 1. The highest BCUT2D eigenvalue weighted by atomic mass is 19.1. The second-order valence-corrected chi connectivity index (χ2v) is 6.36. The van der Waals surface area contributed by atoms with Crippen LogP contribution >= 0.6 is 0 Å². The number of nitrogens with one attached hydrogen (secondary N) is 1. The largest absolute Gasteiger partial charge is 0.389 e. The average molecular weight is 354 g/mol. The number of halogens is 1. The fourth-order valence-corrected chi connectivity index (χ4v) is 3.39. The zero-order chi connectivity index (χ0) is 18.4. The predicted molar refractivity (Wildman–Crippen MR) is 91.7 cm³/mol. The lowest BCUT2D eigenvalue weighted by Gasteiger charge is -2.47. The van der Waals surface area contributed by atoms with Gasteiger partial charge in [-0.15, -0.1) is 0 Å². The van der Waals surface area contributed by atoms with Gasteiger partial charge in [-0.1, -0.05) is 30.3 Å². The van der Waals surface area contributed by atoms with Crippen LogP contribution in [0.15, 0.2) is 30.3 Å². The summed E-state index contributed by atoms with van der Waals surface area (Å²) in [5.41, 5.74) is 1.12. The van der Waals surface area contributed by atoms with Crippen molar-refractivity contribution in [2.75, 3.05) is 19.8 Å². The maximum atomic E-state index is 13.5. The average Bonchev–Trinajstić information content (AvgIpc) is 2.61. The van der Waals surface area contributed by atoms with Crippen molar-refractivity contribution < 1.29 is 24.5 Å². The van der Waals surface area contributed by atoms with E-state index in [1.165, 1.54) is 4.90 Å². The molecule has 1 aliphatic rings. The van der Waals surface area contributed by atoms with Crippen molar-refractivity contribution in [3.63, 3.8) is 0 Å². The smallest absolute Gasteiger partial charge is 0.240 e. The molecule has 4 N–H and O–H groups in total. The Labute approximate surface area is 147 Å². The molecule has 1 aromatic carbocycles. The van der Waals surface area contributed by atoms with Crippen molar-refractivity contribution in [2.45, 2.75) is 50.2 Å². The molecular weight excluding hydrogens is 327 g/mol. The zero-order valence-corrected chi connectivity index (χ0v) is 14.4. The fourth-order valence-electron chi connectivity index (χ4n) is 3.39. The number of carbonyl (C=O) groups is 1. The molecule has 5 unspecified atom stereocenters. The first-order chi connectivity index (χ1) is 12.0. The minimum absolute atomic E-state index is 0.326. The zero-order valence-electron chi connectivity index (χ0n) is 14.4. The molecule has 0 aliphatic carbocycles. The van der Waals surface area contributed by atoms with Crippen LogP contribution in [0.5, 0.6) is 0 Å². The summed E-state index contributed by atoms with van der Waals surface area (Å²) in [6, 6.07) is 7.64. The van der Waals surface area contributed by atoms with Crippen molar-refractivity contribution in [2.24, 2.45) is 0 Å². The molecule has 25 heavy (non-hydrogen) atoms. The second-order valence-electron chi connectivity index (χ2n) is 6.36. The van der Waals surface area contributed by atoms with E-state index in [-0.39, 0.29) is 0 Å². The lowest BCUT2D eigenvalue weighted by molar-refractivity contribution is -0.175. The summed E-state index contributed by atoms with van der Waals surface area (Å²) in [6.45, 7) is 1.52. The summed E-state index contributed by atoms with van der Waals surface area (Å²) < 4.78 is 13.5. The van der Waals surface area contributed by atoms with Gasteiger partial charge in [0.15, 0.2) is 0 Å². The summed E-state index contributed by atoms with van der Waals surface area (Å²) in [4.78, 5) is 13.8. The van der Waals surface area contributed by atoms with E-state index < -0.39 is 43.0 Å². The summed E-state index contributed by atoms with van der Waals surface area (Å²) in [7, 11) is 0. The monoisotopic (exact) mass is 354 g/mol. The second kappa shape index (κ2) is 9.24. The van der Waals surface area contributed by atoms with Crippen LogP contribution in [0.25, 0.3) is 0 Å². The van der Waals surface area contributed by atoms with Gasteiger partial charge in [-0.2, -0.15) is 0 Å². The molecule has 0 bridgehead atoms. The molecule has 1 saturated heterocycles. The number of nitrogens with zero attached hydrogens (tertiary/aromatic N) is 1. The van der Waals surface area contributed by atoms with Gasteiger partial charge in [-0.25, -0.2) is 4.39 Å². The molecule has 0 aromatic heterocycles. The van der Waals surface area contributed by atoms with Gasteiger partial charge in [0.1, 0.15) is 31.0 Å². The summed E-state index contributed by atoms with van der Waals surface area (Å²) in [5, 5.41) is 33.0. The summed E-state index contributed by atoms with van der Waals surface area (Å²) in [6.07, 6.45) is -3.11. The number of hydrogen-bond acceptors (Lipinski definition) is 5. The highest BCUT2D eigenvalue weighted by Gasteiger charge is 2.50. The molecule has 7 heteroatoms. The lowest BCUT2D eigenvalue weighted by Crippen LogP contribution is -2.70. The first kappa shape index (κ1) is 19.8. The third kappa shape index (κ3) is 4.55. The summed E-state index contributed by atoms with van der Waals surface area (Å²) >= 11 is 0. The number of amides is 1. The number of aliphatic hydroxyl groups is 3. The van der Waals surface area contributed by atoms with Crippen LogP contribution in [0.3, 0.4) is 0 Å². The Kier molecular flexibility index (Phi) is 7.31. The van der Waals surface area contributed by atoms with Crippen molar-refractivity contribution >= 4 is 5.91 Å². The minimum atomic E-state index is -1.56. The molecule has 2 rings (SSSR count). The topological polar surface area (TPSA) is 93.0 Å². The van der Waals surface area contributed by atoms with Gasteiger partial charge >= 0.3 is 0 Å². The lowest BCUT2D eigenvalue weighted by atomic mass is 9.87. The van der Waals surface area contributed by atoms with Crippen LogP contribution in [-0.4, -0.2) is 76.3 Å². The molecule has 1 aliphatic heterocycles. The van der Waals surface area contributed by atoms with Crippen molar-refractivity contribution in [1.82, 2.24) is 10.2 Å². The summed E-state index contributed by atoms with van der Waals surface area (Å²) in [5.74, 6) is -0.473. The molecule has 140 valence electrons. The van der Waals surface area contributed by atoms with Crippen LogP contribution in [0.2, 0.25) is 0 Å². The van der Waals surface area contributed by atoms with Gasteiger partial charge in [0.2, 0.25) is 5.91 Å². The van der Waals surface area contributed by atoms with Crippen LogP contribution in [0.4, 0.5) is 4.39 Å². The molecule has 5 atom stereocenters. The molecule has 1 heterocycles. The van der Waals surface area contributed by atoms with Gasteiger partial charge in [0.25, 0.3) is 0 Å². The maximum absolute atomic E-state index is 13.5. The fraction of sp³-hybridized carbons (Fsp3) is 0.611. The number of carbonyl (C=O) groups excluding carboxylic acids is 1. The maximum Gasteiger partial charge on any atom is 0.240 e. The third-order valence-corrected chi connectivity index (χ3v) is 4.70. The van der Waals surface area contributed by atoms with Crippen LogP contribution in [0, 0.1) is 0 Å². The molecular formula is C18H27FN2O4. The van der Waals surface area contributed by atoms with Crippen LogP contribution in [0.1, 0.15) is 18.9 Å². The Hall–Kier alpha value is -1.54. The molecule has 0 spiro atoms. The number of aliphatic hydroxyl groups excluding tert-OH is 3. The van der Waals surface area contributed by atoms with E-state index >= 15 is 0 Å². The van der Waals surface area contributed by atoms with E-state index in [9.17, 15) is 24.5 Å². The Morgan fingerprint density at radius 3 is 2.44 bits per heavy atom. The Bertz CT molecular complexity index is 545. The number of aryl methyl sites for hydroxylation is 1. The van der Waals surface area contributed by atoms with E-state index in [1.807, 2.05) is 30.3 Å². The SMILES string of the molecule is CCNC(=O)C1C(O)C(O)C(O)C(CF)N1CCCc1ccccc1. The van der Waals surface area contributed by atoms with E-state index in [1.54, 1.807) is 6.92 Å². The Morgan fingerprint density at radius 2 is 1.84 bits per heavy atom. The van der Waals surface area contributed by atoms with Crippen molar-refractivity contribution in [1.29, 1.82) is 0 Å². The highest BCUT2D eigenvalue weighted by Crippen LogP contribution is 2.26. The number of piperidine rings is 1. The number of hydrogen-bond donors (Lipinski definition) is 4. The predicted octanol–water partition coefficient (Wildman–Crippen LogP) is -0.140. The van der Waals surface area contributed by atoms with Gasteiger partial charge in [-0.05, 0) is 31.9 Å². The quantitative estimate of drug-likeness (QED) is 0.547. The van der Waals surface area contributed by atoms with Gasteiger partial charge < -0.3 is 20.6 Å². The number of alkyl halides is 1. The highest BCUT2D eigenvalue weighted by molar-refractivity contribution is 5.82. The number of likely N-dealkylation sites (tertiary alicyclic amines) is 1. The van der Waals surface area contributed by atoms with Gasteiger partial charge in [-0.3, -0.25) is 9.69 Å². The molecule has 1 amide bonds. The van der Waals surface area contributed by atoms with Crippen molar-refractivity contribution in [3.05, 3.63) is 35.9 Å². The third-order valence-electron chi connectivity index (χ3n) is 4.70. The van der Waals surface area contributed by atoms with E-state index in [0.29, 0.717) is 19.5 Å². The van der Waals surface area contributed by atoms with Crippen molar-refractivity contribution in [3.8, 4) is 0 Å². The molecule has 6 nitrogen and oxygen atoms in total. The van der Waals surface area contributed by atoms with Crippen LogP contribution < -0.4 is 5.32 Å². The van der Waals surface area contributed by atoms with E-state index in [2.05, 4.69) is 5.32 Å². The van der Waals surface area contributed by atoms with E-state index in [4.69, 9.17) is 0 Å². The van der Waals surface area contributed by atoms with Gasteiger partial charge in [0, 0.05) is 6.54 Å². The first-order valence-electron chi connectivity index (χ1n) is 8.68. The number of rotatable bonds is 7. The first-order valence-corrected chi connectivity index (χ1v) is 8.68. The Balaban J connectivity index is 2.13. The van der Waals surface area contributed by atoms with E-state index in [0.717, 1.165) is 12.0 Å². The minimum Gasteiger partial charge on any atom is -0.389 e. The molecule has 1 fully saturated rings. The standard InChI is InChI=1S/C18H27FN2O4/c1-2-20-18(25)14-16(23)17(24)15(22)13(11-19)21(14)10-6-9-12-7-4-3-5-8-12/h3-5,7-8,13-17,22-24H,2,6,9-11H2,1H3,(H,20,25). The number of benzene rings is 1. The normalized spacial score (nSPS) is 30.2. The molecule has 0 radical (unpaired) electrons. The van der Waals surface area contributed by atoms with Gasteiger partial charge in [0.05, 0.1) is 6.04 Å². The van der Waals surface area contributed by atoms with Crippen LogP contribution in [-0.2, 0) is 11.2 Å². The molecule has 0 saturated carbocycles.